The Morgan fingerprint density at radius 3 is 1.78 bits per heavy atom. The summed E-state index contributed by atoms with van der Waals surface area (Å²) >= 11 is 0. The molecule has 0 saturated heterocycles. The van der Waals surface area contributed by atoms with Crippen molar-refractivity contribution in [1.82, 2.24) is 0 Å². The first kappa shape index (κ1) is 15.3. The van der Waals surface area contributed by atoms with Crippen LogP contribution < -0.4 is 0 Å². The van der Waals surface area contributed by atoms with Gasteiger partial charge in [-0.2, -0.15) is 0 Å². The summed E-state index contributed by atoms with van der Waals surface area (Å²) < 4.78 is 41.0. The van der Waals surface area contributed by atoms with Gasteiger partial charge in [-0.3, -0.25) is 0 Å². The summed E-state index contributed by atoms with van der Waals surface area (Å²) in [7, 11) is 0. The van der Waals surface area contributed by atoms with Crippen LogP contribution in [-0.4, -0.2) is 0 Å². The fourth-order valence-electron chi connectivity index (χ4n) is 2.56. The lowest BCUT2D eigenvalue weighted by atomic mass is 9.97. The van der Waals surface area contributed by atoms with E-state index in [1.165, 1.54) is 11.6 Å². The van der Waals surface area contributed by atoms with Crippen LogP contribution in [0.25, 0.3) is 22.3 Å². The molecule has 0 N–H and O–H groups in total. The normalized spacial score (nSPS) is 10.8. The predicted molar refractivity (Wildman–Crippen MR) is 86.7 cm³/mol. The molecular weight excluding hydrogens is 297 g/mol. The molecule has 3 heteroatoms. The van der Waals surface area contributed by atoms with Crippen LogP contribution in [0.4, 0.5) is 13.2 Å². The fourth-order valence-corrected chi connectivity index (χ4v) is 2.56. The van der Waals surface area contributed by atoms with E-state index in [1.54, 1.807) is 12.1 Å². The first-order chi connectivity index (χ1) is 10.9. The minimum atomic E-state index is -0.724. The Balaban J connectivity index is 2.05. The molecule has 116 valence electrons. The van der Waals surface area contributed by atoms with Crippen LogP contribution >= 0.6 is 0 Å². The first-order valence-corrected chi connectivity index (χ1v) is 7.28. The zero-order valence-electron chi connectivity index (χ0n) is 12.8. The number of rotatable bonds is 2. The molecule has 0 unspecified atom stereocenters. The molecule has 0 atom stereocenters. The predicted octanol–water partition coefficient (Wildman–Crippen LogP) is 6.05. The van der Waals surface area contributed by atoms with Crippen molar-refractivity contribution in [3.63, 3.8) is 0 Å². The van der Waals surface area contributed by atoms with E-state index >= 15 is 0 Å². The molecule has 0 fully saturated rings. The van der Waals surface area contributed by atoms with E-state index in [1.807, 2.05) is 32.0 Å². The van der Waals surface area contributed by atoms with Crippen LogP contribution in [-0.2, 0) is 0 Å². The van der Waals surface area contributed by atoms with E-state index in [2.05, 4.69) is 0 Å². The van der Waals surface area contributed by atoms with Gasteiger partial charge in [0.25, 0.3) is 0 Å². The van der Waals surface area contributed by atoms with Gasteiger partial charge >= 0.3 is 0 Å². The molecule has 0 amide bonds. The summed E-state index contributed by atoms with van der Waals surface area (Å²) in [6, 6.07) is 13.6. The topological polar surface area (TPSA) is 0 Å². The smallest absolute Gasteiger partial charge is 0.131 e. The van der Waals surface area contributed by atoms with E-state index < -0.39 is 17.5 Å². The minimum Gasteiger partial charge on any atom is -0.207 e. The van der Waals surface area contributed by atoms with Crippen LogP contribution in [0.2, 0.25) is 0 Å². The molecule has 0 aliphatic rings. The maximum atomic E-state index is 14.4. The van der Waals surface area contributed by atoms with Gasteiger partial charge in [-0.1, -0.05) is 30.3 Å². The molecular formula is C20H15F3. The average Bonchev–Trinajstić information content (AvgIpc) is 2.49. The molecule has 0 aromatic heterocycles. The summed E-state index contributed by atoms with van der Waals surface area (Å²) in [5.74, 6) is -1.96. The van der Waals surface area contributed by atoms with Crippen LogP contribution in [0, 0.1) is 31.3 Å². The first-order valence-electron chi connectivity index (χ1n) is 7.28. The van der Waals surface area contributed by atoms with Crippen molar-refractivity contribution < 1.29 is 13.2 Å². The Labute approximate surface area is 133 Å². The SMILES string of the molecule is Cc1ccc(-c2ccc(-c3cc(F)cc(F)c3)c(F)c2)cc1C. The van der Waals surface area contributed by atoms with E-state index in [-0.39, 0.29) is 11.1 Å². The highest BCUT2D eigenvalue weighted by atomic mass is 19.1. The van der Waals surface area contributed by atoms with Gasteiger partial charge in [0, 0.05) is 11.6 Å². The van der Waals surface area contributed by atoms with Crippen LogP contribution in [0.5, 0.6) is 0 Å². The number of halogens is 3. The standard InChI is InChI=1S/C20H15F3/c1-12-3-4-14(7-13(12)2)15-5-6-19(20(23)10-15)16-8-17(21)11-18(22)9-16/h3-11H,1-2H3. The molecule has 0 bridgehead atoms. The van der Waals surface area contributed by atoms with Gasteiger partial charge in [0.1, 0.15) is 17.5 Å². The molecule has 3 aromatic carbocycles. The molecule has 0 radical (unpaired) electrons. The second-order valence-corrected chi connectivity index (χ2v) is 5.65. The van der Waals surface area contributed by atoms with Crippen LogP contribution in [0.1, 0.15) is 11.1 Å². The summed E-state index contributed by atoms with van der Waals surface area (Å²) in [5, 5.41) is 0. The van der Waals surface area contributed by atoms with E-state index in [4.69, 9.17) is 0 Å². The van der Waals surface area contributed by atoms with Gasteiger partial charge < -0.3 is 0 Å². The van der Waals surface area contributed by atoms with Crippen LogP contribution in [0.15, 0.2) is 54.6 Å². The molecule has 3 aromatic rings. The number of hydrogen-bond acceptors (Lipinski definition) is 0. The van der Waals surface area contributed by atoms with Crippen molar-refractivity contribution in [2.45, 2.75) is 13.8 Å². The maximum absolute atomic E-state index is 14.4. The molecule has 23 heavy (non-hydrogen) atoms. The largest absolute Gasteiger partial charge is 0.207 e. The van der Waals surface area contributed by atoms with Crippen molar-refractivity contribution in [3.05, 3.63) is 83.2 Å². The van der Waals surface area contributed by atoms with Crippen molar-refractivity contribution in [3.8, 4) is 22.3 Å². The molecule has 0 saturated carbocycles. The third kappa shape index (κ3) is 3.14. The zero-order valence-corrected chi connectivity index (χ0v) is 12.8. The van der Waals surface area contributed by atoms with Gasteiger partial charge in [0.15, 0.2) is 0 Å². The van der Waals surface area contributed by atoms with E-state index in [0.717, 1.165) is 34.9 Å². The third-order valence-corrected chi connectivity index (χ3v) is 3.98. The highest BCUT2D eigenvalue weighted by Crippen LogP contribution is 2.29. The molecule has 0 heterocycles. The second-order valence-electron chi connectivity index (χ2n) is 5.65. The van der Waals surface area contributed by atoms with Crippen LogP contribution in [0.3, 0.4) is 0 Å². The van der Waals surface area contributed by atoms with Crippen molar-refractivity contribution in [2.24, 2.45) is 0 Å². The van der Waals surface area contributed by atoms with E-state index in [0.29, 0.717) is 0 Å². The highest BCUT2D eigenvalue weighted by Gasteiger charge is 2.10. The Morgan fingerprint density at radius 1 is 0.565 bits per heavy atom. The molecule has 0 aliphatic heterocycles. The van der Waals surface area contributed by atoms with Crippen molar-refractivity contribution in [2.75, 3.05) is 0 Å². The number of aryl methyl sites for hydroxylation is 2. The van der Waals surface area contributed by atoms with Gasteiger partial charge in [-0.15, -0.1) is 0 Å². The fraction of sp³-hybridized carbons (Fsp3) is 0.100. The third-order valence-electron chi connectivity index (χ3n) is 3.98. The van der Waals surface area contributed by atoms with Gasteiger partial charge in [0.2, 0.25) is 0 Å². The van der Waals surface area contributed by atoms with Crippen molar-refractivity contribution >= 4 is 0 Å². The quantitative estimate of drug-likeness (QED) is 0.540. The summed E-state index contributed by atoms with van der Waals surface area (Å²) in [6.45, 7) is 4.01. The Bertz CT molecular complexity index is 862. The monoisotopic (exact) mass is 312 g/mol. The summed E-state index contributed by atoms with van der Waals surface area (Å²) in [6.07, 6.45) is 0. The Morgan fingerprint density at radius 2 is 1.17 bits per heavy atom. The Kier molecular flexibility index (Phi) is 3.95. The van der Waals surface area contributed by atoms with Crippen molar-refractivity contribution in [1.29, 1.82) is 0 Å². The summed E-state index contributed by atoms with van der Waals surface area (Å²) in [5.41, 5.74) is 4.29. The highest BCUT2D eigenvalue weighted by molar-refractivity contribution is 5.71. The zero-order chi connectivity index (χ0) is 16.6. The molecule has 0 aliphatic carbocycles. The summed E-state index contributed by atoms with van der Waals surface area (Å²) in [4.78, 5) is 0. The lowest BCUT2D eigenvalue weighted by molar-refractivity contribution is 0.583. The lowest BCUT2D eigenvalue weighted by Gasteiger charge is -2.09. The molecule has 3 rings (SSSR count). The average molecular weight is 312 g/mol. The van der Waals surface area contributed by atoms with E-state index in [9.17, 15) is 13.2 Å². The molecule has 0 nitrogen and oxygen atoms in total. The second kappa shape index (κ2) is 5.92. The minimum absolute atomic E-state index is 0.177. The lowest BCUT2D eigenvalue weighted by Crippen LogP contribution is -1.90. The maximum Gasteiger partial charge on any atom is 0.131 e. The number of benzene rings is 3. The van der Waals surface area contributed by atoms with Gasteiger partial charge in [0.05, 0.1) is 0 Å². The Hall–Kier alpha value is -2.55. The molecule has 0 spiro atoms. The number of hydrogen-bond donors (Lipinski definition) is 0. The van der Waals surface area contributed by atoms with Gasteiger partial charge in [-0.25, -0.2) is 13.2 Å². The van der Waals surface area contributed by atoms with Gasteiger partial charge in [-0.05, 0) is 59.9 Å².